The van der Waals surface area contributed by atoms with E-state index < -0.39 is 5.97 Å². The van der Waals surface area contributed by atoms with Crippen LogP contribution in [0.15, 0.2) is 12.7 Å². The molecule has 0 aliphatic carbocycles. The van der Waals surface area contributed by atoms with E-state index in [0.29, 0.717) is 32.7 Å². The molecule has 78 valence electrons. The van der Waals surface area contributed by atoms with Gasteiger partial charge in [0.25, 0.3) is 0 Å². The molecule has 0 atom stereocenters. The molecule has 4 nitrogen and oxygen atoms in total. The van der Waals surface area contributed by atoms with Gasteiger partial charge in [0.05, 0.1) is 12.7 Å². The average Bonchev–Trinajstić information content (AvgIpc) is 2.21. The summed E-state index contributed by atoms with van der Waals surface area (Å²) < 4.78 is 9.91. The molecule has 0 aromatic rings. The molecule has 0 N–H and O–H groups in total. The van der Waals surface area contributed by atoms with Gasteiger partial charge in [-0.15, -0.1) is 0 Å². The smallest absolute Gasteiger partial charge is 0.330 e. The number of hydrogen-bond donors (Lipinski definition) is 0. The summed E-state index contributed by atoms with van der Waals surface area (Å²) in [7, 11) is 0. The summed E-state index contributed by atoms with van der Waals surface area (Å²) >= 11 is 0. The van der Waals surface area contributed by atoms with Crippen LogP contribution in [-0.2, 0) is 14.3 Å². The molecular formula is C10H15NO3. The van der Waals surface area contributed by atoms with Crippen molar-refractivity contribution in [3.63, 3.8) is 0 Å². The highest BCUT2D eigenvalue weighted by Crippen LogP contribution is 1.91. The number of ether oxygens (including phenoxy) is 2. The molecule has 0 amide bonds. The minimum atomic E-state index is -0.408. The van der Waals surface area contributed by atoms with Crippen molar-refractivity contribution in [2.24, 2.45) is 0 Å². The van der Waals surface area contributed by atoms with E-state index in [-0.39, 0.29) is 0 Å². The first-order valence-electron chi connectivity index (χ1n) is 4.55. The van der Waals surface area contributed by atoms with Crippen LogP contribution in [0.4, 0.5) is 0 Å². The molecule has 14 heavy (non-hydrogen) atoms. The lowest BCUT2D eigenvalue weighted by molar-refractivity contribution is -0.138. The number of nitrogens with zero attached hydrogens (tertiary/aromatic N) is 1. The lowest BCUT2D eigenvalue weighted by Gasteiger charge is -2.02. The van der Waals surface area contributed by atoms with Crippen LogP contribution in [-0.4, -0.2) is 25.8 Å². The second-order valence-corrected chi connectivity index (χ2v) is 2.60. The van der Waals surface area contributed by atoms with E-state index in [9.17, 15) is 4.79 Å². The summed E-state index contributed by atoms with van der Waals surface area (Å²) in [5.74, 6) is -0.408. The summed E-state index contributed by atoms with van der Waals surface area (Å²) in [5, 5.41) is 8.22. The maximum Gasteiger partial charge on any atom is 0.330 e. The van der Waals surface area contributed by atoms with Crippen LogP contribution in [0.5, 0.6) is 0 Å². The molecule has 4 heteroatoms. The molecule has 0 bridgehead atoms. The second-order valence-electron chi connectivity index (χ2n) is 2.60. The van der Waals surface area contributed by atoms with Crippen LogP contribution in [0.1, 0.15) is 19.3 Å². The van der Waals surface area contributed by atoms with E-state index in [1.165, 1.54) is 0 Å². The molecule has 0 aromatic heterocycles. The Balaban J connectivity index is 3.03. The van der Waals surface area contributed by atoms with Gasteiger partial charge in [-0.3, -0.25) is 0 Å². The maximum absolute atomic E-state index is 10.6. The Hall–Kier alpha value is -1.34. The lowest BCUT2D eigenvalue weighted by Crippen LogP contribution is -2.05. The Morgan fingerprint density at radius 1 is 1.36 bits per heavy atom. The number of rotatable bonds is 8. The van der Waals surface area contributed by atoms with Crippen LogP contribution in [0, 0.1) is 11.3 Å². The van der Waals surface area contributed by atoms with Crippen molar-refractivity contribution >= 4 is 5.97 Å². The minimum Gasteiger partial charge on any atom is -0.462 e. The Kier molecular flexibility index (Phi) is 8.81. The third-order valence-corrected chi connectivity index (χ3v) is 1.42. The van der Waals surface area contributed by atoms with Gasteiger partial charge in [-0.05, 0) is 6.42 Å². The van der Waals surface area contributed by atoms with E-state index in [4.69, 9.17) is 14.7 Å². The van der Waals surface area contributed by atoms with Crippen molar-refractivity contribution in [1.82, 2.24) is 0 Å². The van der Waals surface area contributed by atoms with Crippen LogP contribution >= 0.6 is 0 Å². The fourth-order valence-corrected chi connectivity index (χ4v) is 0.748. The fraction of sp³-hybridized carbons (Fsp3) is 0.600. The van der Waals surface area contributed by atoms with E-state index in [1.807, 2.05) is 6.07 Å². The molecule has 0 aromatic carbocycles. The van der Waals surface area contributed by atoms with Crippen LogP contribution < -0.4 is 0 Å². The summed E-state index contributed by atoms with van der Waals surface area (Å²) in [4.78, 5) is 10.6. The van der Waals surface area contributed by atoms with Gasteiger partial charge < -0.3 is 9.47 Å². The third kappa shape index (κ3) is 8.75. The lowest BCUT2D eigenvalue weighted by atomic mass is 10.3. The Morgan fingerprint density at radius 3 is 2.71 bits per heavy atom. The summed E-state index contributed by atoms with van der Waals surface area (Å²) in [5.41, 5.74) is 0. The first-order chi connectivity index (χ1) is 6.81. The van der Waals surface area contributed by atoms with Gasteiger partial charge in [0.1, 0.15) is 0 Å². The van der Waals surface area contributed by atoms with Gasteiger partial charge >= 0.3 is 5.97 Å². The summed E-state index contributed by atoms with van der Waals surface area (Å²) in [6, 6.07) is 2.03. The quantitative estimate of drug-likeness (QED) is 0.335. The molecule has 0 radical (unpaired) electrons. The summed E-state index contributed by atoms with van der Waals surface area (Å²) in [6.45, 7) is 4.76. The molecule has 0 saturated heterocycles. The van der Waals surface area contributed by atoms with Gasteiger partial charge in [0.15, 0.2) is 0 Å². The third-order valence-electron chi connectivity index (χ3n) is 1.42. The second kappa shape index (κ2) is 9.75. The van der Waals surface area contributed by atoms with Gasteiger partial charge in [-0.25, -0.2) is 4.79 Å². The maximum atomic E-state index is 10.6. The van der Waals surface area contributed by atoms with Crippen molar-refractivity contribution in [3.05, 3.63) is 12.7 Å². The van der Waals surface area contributed by atoms with Crippen LogP contribution in [0.25, 0.3) is 0 Å². The van der Waals surface area contributed by atoms with Crippen molar-refractivity contribution in [1.29, 1.82) is 5.26 Å². The zero-order valence-electron chi connectivity index (χ0n) is 8.20. The van der Waals surface area contributed by atoms with Gasteiger partial charge in [-0.1, -0.05) is 6.58 Å². The number of esters is 1. The monoisotopic (exact) mass is 197 g/mol. The highest BCUT2D eigenvalue weighted by molar-refractivity contribution is 5.81. The van der Waals surface area contributed by atoms with Crippen molar-refractivity contribution < 1.29 is 14.3 Å². The van der Waals surface area contributed by atoms with Crippen molar-refractivity contribution in [2.45, 2.75) is 19.3 Å². The van der Waals surface area contributed by atoms with Crippen molar-refractivity contribution in [2.75, 3.05) is 19.8 Å². The number of hydrogen-bond acceptors (Lipinski definition) is 4. The SMILES string of the molecule is C=CC(=O)OCCCOCCCC#N. The molecule has 0 saturated carbocycles. The number of unbranched alkanes of at least 4 members (excludes halogenated alkanes) is 1. The summed E-state index contributed by atoms with van der Waals surface area (Å²) in [6.07, 6.45) is 3.08. The molecule has 0 rings (SSSR count). The molecule has 0 fully saturated rings. The highest BCUT2D eigenvalue weighted by atomic mass is 16.5. The molecule has 0 heterocycles. The average molecular weight is 197 g/mol. The van der Waals surface area contributed by atoms with E-state index >= 15 is 0 Å². The minimum absolute atomic E-state index is 0.350. The molecule has 0 spiro atoms. The highest BCUT2D eigenvalue weighted by Gasteiger charge is 1.94. The topological polar surface area (TPSA) is 59.3 Å². The van der Waals surface area contributed by atoms with E-state index in [1.54, 1.807) is 0 Å². The van der Waals surface area contributed by atoms with Crippen LogP contribution in [0.2, 0.25) is 0 Å². The van der Waals surface area contributed by atoms with Gasteiger partial charge in [0, 0.05) is 32.1 Å². The van der Waals surface area contributed by atoms with Gasteiger partial charge in [0.2, 0.25) is 0 Å². The molecular weight excluding hydrogens is 182 g/mol. The Morgan fingerprint density at radius 2 is 2.07 bits per heavy atom. The van der Waals surface area contributed by atoms with E-state index in [2.05, 4.69) is 6.58 Å². The zero-order chi connectivity index (χ0) is 10.6. The van der Waals surface area contributed by atoms with Crippen LogP contribution in [0.3, 0.4) is 0 Å². The molecule has 0 unspecified atom stereocenters. The molecule has 0 aliphatic rings. The zero-order valence-corrected chi connectivity index (χ0v) is 8.20. The molecule has 0 aliphatic heterocycles. The predicted molar refractivity (Wildman–Crippen MR) is 51.4 cm³/mol. The number of carbonyl (C=O) groups is 1. The fourth-order valence-electron chi connectivity index (χ4n) is 0.748. The number of carbonyl (C=O) groups excluding carboxylic acids is 1. The Bertz CT molecular complexity index is 208. The largest absolute Gasteiger partial charge is 0.462 e. The number of nitriles is 1. The van der Waals surface area contributed by atoms with E-state index in [0.717, 1.165) is 12.5 Å². The standard InChI is InChI=1S/C10H15NO3/c1-2-10(12)14-9-5-8-13-7-4-3-6-11/h2H,1,3-5,7-9H2. The van der Waals surface area contributed by atoms with Gasteiger partial charge in [-0.2, -0.15) is 5.26 Å². The predicted octanol–water partition coefficient (Wildman–Crippen LogP) is 1.43. The first kappa shape index (κ1) is 12.7. The van der Waals surface area contributed by atoms with Crippen molar-refractivity contribution in [3.8, 4) is 6.07 Å². The first-order valence-corrected chi connectivity index (χ1v) is 4.55. The normalized spacial score (nSPS) is 9.07. The Labute approximate surface area is 84.1 Å².